The minimum Gasteiger partial charge on any atom is -0.383 e. The van der Waals surface area contributed by atoms with Gasteiger partial charge in [0.2, 0.25) is 0 Å². The van der Waals surface area contributed by atoms with Gasteiger partial charge in [-0.25, -0.2) is 4.98 Å². The van der Waals surface area contributed by atoms with Crippen molar-refractivity contribution in [3.8, 4) is 0 Å². The first kappa shape index (κ1) is 12.9. The fourth-order valence-electron chi connectivity index (χ4n) is 1.25. The molecule has 1 aromatic heterocycles. The van der Waals surface area contributed by atoms with E-state index < -0.39 is 0 Å². The molecule has 0 bridgehead atoms. The third-order valence-corrected chi connectivity index (χ3v) is 2.03. The van der Waals surface area contributed by atoms with Crippen LogP contribution >= 0.6 is 0 Å². The van der Waals surface area contributed by atoms with Crippen LogP contribution in [0.2, 0.25) is 0 Å². The smallest absolute Gasteiger partial charge is 0.144 e. The van der Waals surface area contributed by atoms with E-state index in [1.165, 1.54) is 0 Å². The second-order valence-corrected chi connectivity index (χ2v) is 3.49. The summed E-state index contributed by atoms with van der Waals surface area (Å²) < 4.78 is 4.95. The van der Waals surface area contributed by atoms with Crippen molar-refractivity contribution in [3.63, 3.8) is 0 Å². The van der Waals surface area contributed by atoms with E-state index in [0.29, 0.717) is 6.61 Å². The summed E-state index contributed by atoms with van der Waals surface area (Å²) >= 11 is 0. The molecule has 0 spiro atoms. The summed E-state index contributed by atoms with van der Waals surface area (Å²) in [4.78, 5) is 8.56. The van der Waals surface area contributed by atoms with Crippen molar-refractivity contribution >= 4 is 5.82 Å². The summed E-state index contributed by atoms with van der Waals surface area (Å²) in [5.74, 6) is 0.799. The Kier molecular flexibility index (Phi) is 6.44. The van der Waals surface area contributed by atoms with E-state index in [1.54, 1.807) is 19.5 Å². The maximum absolute atomic E-state index is 4.95. The molecule has 0 saturated carbocycles. The fraction of sp³-hybridized carbons (Fsp3) is 0.636. The molecule has 0 atom stereocenters. The van der Waals surface area contributed by atoms with Crippen LogP contribution in [0.3, 0.4) is 0 Å². The van der Waals surface area contributed by atoms with Gasteiger partial charge in [-0.3, -0.25) is 4.98 Å². The van der Waals surface area contributed by atoms with E-state index in [0.717, 1.165) is 37.6 Å². The minimum absolute atomic E-state index is 0.667. The number of ether oxygens (including phenoxy) is 1. The van der Waals surface area contributed by atoms with Gasteiger partial charge < -0.3 is 15.4 Å². The quantitative estimate of drug-likeness (QED) is 0.646. The molecular weight excluding hydrogens is 204 g/mol. The number of nitrogens with zero attached hydrogens (tertiary/aromatic N) is 2. The Labute approximate surface area is 96.6 Å². The number of aromatic nitrogens is 2. The van der Waals surface area contributed by atoms with Gasteiger partial charge in [-0.1, -0.05) is 6.92 Å². The van der Waals surface area contributed by atoms with Crippen LogP contribution < -0.4 is 10.6 Å². The molecule has 1 aromatic rings. The van der Waals surface area contributed by atoms with Crippen molar-refractivity contribution in [2.75, 3.05) is 32.1 Å². The zero-order valence-corrected chi connectivity index (χ0v) is 9.99. The Balaban J connectivity index is 2.37. The SMILES string of the molecule is CCCNCc1cncc(NCCOC)n1. The standard InChI is InChI=1S/C11H20N4O/c1-3-4-12-7-10-8-13-9-11(15-10)14-5-6-16-2/h8-9,12H,3-7H2,1-2H3,(H,14,15). The summed E-state index contributed by atoms with van der Waals surface area (Å²) in [5.41, 5.74) is 0.955. The number of rotatable bonds is 8. The van der Waals surface area contributed by atoms with Gasteiger partial charge in [-0.05, 0) is 13.0 Å². The summed E-state index contributed by atoms with van der Waals surface area (Å²) in [6, 6.07) is 0. The van der Waals surface area contributed by atoms with Crippen molar-refractivity contribution < 1.29 is 4.74 Å². The molecule has 0 aliphatic rings. The minimum atomic E-state index is 0.667. The molecule has 2 N–H and O–H groups in total. The predicted molar refractivity (Wildman–Crippen MR) is 64.4 cm³/mol. The topological polar surface area (TPSA) is 59.1 Å². The Morgan fingerprint density at radius 3 is 2.94 bits per heavy atom. The highest BCUT2D eigenvalue weighted by Crippen LogP contribution is 2.01. The van der Waals surface area contributed by atoms with E-state index in [4.69, 9.17) is 4.74 Å². The normalized spacial score (nSPS) is 10.4. The van der Waals surface area contributed by atoms with Gasteiger partial charge in [0, 0.05) is 26.4 Å². The van der Waals surface area contributed by atoms with Crippen molar-refractivity contribution in [1.82, 2.24) is 15.3 Å². The average molecular weight is 224 g/mol. The molecular formula is C11H20N4O. The molecule has 5 nitrogen and oxygen atoms in total. The van der Waals surface area contributed by atoms with E-state index in [1.807, 2.05) is 0 Å². The summed E-state index contributed by atoms with van der Waals surface area (Å²) in [6.07, 6.45) is 4.63. The van der Waals surface area contributed by atoms with Crippen LogP contribution in [0.15, 0.2) is 12.4 Å². The predicted octanol–water partition coefficient (Wildman–Crippen LogP) is 1.03. The highest BCUT2D eigenvalue weighted by atomic mass is 16.5. The second-order valence-electron chi connectivity index (χ2n) is 3.49. The molecule has 0 fully saturated rings. The van der Waals surface area contributed by atoms with Crippen LogP contribution in [0.25, 0.3) is 0 Å². The maximum Gasteiger partial charge on any atom is 0.144 e. The van der Waals surface area contributed by atoms with Crippen molar-refractivity contribution in [1.29, 1.82) is 0 Å². The molecule has 16 heavy (non-hydrogen) atoms. The third kappa shape index (κ3) is 5.04. The Bertz CT molecular complexity index is 268. The van der Waals surface area contributed by atoms with Crippen LogP contribution in [-0.4, -0.2) is 36.8 Å². The van der Waals surface area contributed by atoms with Gasteiger partial charge in [0.15, 0.2) is 0 Å². The van der Waals surface area contributed by atoms with Crippen LogP contribution in [-0.2, 0) is 11.3 Å². The first-order valence-corrected chi connectivity index (χ1v) is 5.61. The monoisotopic (exact) mass is 224 g/mol. The largest absolute Gasteiger partial charge is 0.383 e. The fourth-order valence-corrected chi connectivity index (χ4v) is 1.25. The molecule has 1 heterocycles. The summed E-state index contributed by atoms with van der Waals surface area (Å²) in [7, 11) is 1.68. The molecule has 1 rings (SSSR count). The van der Waals surface area contributed by atoms with Crippen LogP contribution in [0.4, 0.5) is 5.82 Å². The van der Waals surface area contributed by atoms with E-state index in [-0.39, 0.29) is 0 Å². The molecule has 0 saturated heterocycles. The lowest BCUT2D eigenvalue weighted by molar-refractivity contribution is 0.210. The van der Waals surface area contributed by atoms with Gasteiger partial charge in [0.05, 0.1) is 18.5 Å². The van der Waals surface area contributed by atoms with Crippen molar-refractivity contribution in [2.45, 2.75) is 19.9 Å². The van der Waals surface area contributed by atoms with Gasteiger partial charge >= 0.3 is 0 Å². The van der Waals surface area contributed by atoms with Gasteiger partial charge in [-0.15, -0.1) is 0 Å². The Morgan fingerprint density at radius 2 is 2.19 bits per heavy atom. The number of hydrogen-bond donors (Lipinski definition) is 2. The molecule has 0 aliphatic carbocycles. The molecule has 90 valence electrons. The molecule has 0 aromatic carbocycles. The lowest BCUT2D eigenvalue weighted by atomic mass is 10.4. The van der Waals surface area contributed by atoms with Gasteiger partial charge in [0.25, 0.3) is 0 Å². The lowest BCUT2D eigenvalue weighted by Crippen LogP contribution is -2.16. The molecule has 0 amide bonds. The third-order valence-electron chi connectivity index (χ3n) is 2.03. The van der Waals surface area contributed by atoms with Crippen LogP contribution in [0, 0.1) is 0 Å². The first-order chi connectivity index (χ1) is 7.86. The van der Waals surface area contributed by atoms with Gasteiger partial charge in [-0.2, -0.15) is 0 Å². The highest BCUT2D eigenvalue weighted by molar-refractivity contribution is 5.31. The highest BCUT2D eigenvalue weighted by Gasteiger charge is 1.97. The number of anilines is 1. The van der Waals surface area contributed by atoms with Crippen molar-refractivity contribution in [3.05, 3.63) is 18.1 Å². The maximum atomic E-state index is 4.95. The zero-order valence-electron chi connectivity index (χ0n) is 9.99. The number of nitrogens with one attached hydrogen (secondary N) is 2. The molecule has 0 aliphatic heterocycles. The first-order valence-electron chi connectivity index (χ1n) is 5.61. The number of hydrogen-bond acceptors (Lipinski definition) is 5. The molecule has 0 radical (unpaired) electrons. The van der Waals surface area contributed by atoms with E-state index in [2.05, 4.69) is 27.5 Å². The van der Waals surface area contributed by atoms with E-state index >= 15 is 0 Å². The second kappa shape index (κ2) is 8.01. The van der Waals surface area contributed by atoms with Crippen LogP contribution in [0.5, 0.6) is 0 Å². The Hall–Kier alpha value is -1.20. The number of methoxy groups -OCH3 is 1. The van der Waals surface area contributed by atoms with E-state index in [9.17, 15) is 0 Å². The Morgan fingerprint density at radius 1 is 1.31 bits per heavy atom. The summed E-state index contributed by atoms with van der Waals surface area (Å²) in [6.45, 7) is 5.32. The molecule has 0 unspecified atom stereocenters. The molecule has 5 heteroatoms. The van der Waals surface area contributed by atoms with Crippen molar-refractivity contribution in [2.24, 2.45) is 0 Å². The zero-order chi connectivity index (χ0) is 11.6. The average Bonchev–Trinajstić information content (AvgIpc) is 2.30. The van der Waals surface area contributed by atoms with Gasteiger partial charge in [0.1, 0.15) is 5.82 Å². The lowest BCUT2D eigenvalue weighted by Gasteiger charge is -2.06. The van der Waals surface area contributed by atoms with Crippen LogP contribution in [0.1, 0.15) is 19.0 Å². The summed E-state index contributed by atoms with van der Waals surface area (Å²) in [5, 5.41) is 6.44.